The first-order valence-corrected chi connectivity index (χ1v) is 13.5. The minimum Gasteiger partial charge on any atom is -0.494 e. The number of para-hydroxylation sites is 1. The first-order chi connectivity index (χ1) is 17.7. The smallest absolute Gasteiger partial charge is 0.255 e. The Kier molecular flexibility index (Phi) is 13.9. The number of thiazole rings is 1. The third-order valence-corrected chi connectivity index (χ3v) is 6.04. The molecule has 0 radical (unpaired) electrons. The van der Waals surface area contributed by atoms with Crippen molar-refractivity contribution >= 4 is 33.1 Å². The van der Waals surface area contributed by atoms with Crippen LogP contribution in [0, 0.1) is 34.6 Å². The van der Waals surface area contributed by atoms with Crippen molar-refractivity contribution in [2.45, 2.75) is 62.3 Å². The maximum absolute atomic E-state index is 12.4. The molecule has 3 aromatic carbocycles. The molecule has 0 saturated carbocycles. The van der Waals surface area contributed by atoms with Crippen LogP contribution >= 0.6 is 11.3 Å². The van der Waals surface area contributed by atoms with Crippen molar-refractivity contribution in [3.63, 3.8) is 0 Å². The van der Waals surface area contributed by atoms with Gasteiger partial charge in [-0.1, -0.05) is 55.8 Å². The number of amides is 1. The van der Waals surface area contributed by atoms with Gasteiger partial charge in [-0.3, -0.25) is 4.79 Å². The van der Waals surface area contributed by atoms with Gasteiger partial charge in [0.25, 0.3) is 5.91 Å². The van der Waals surface area contributed by atoms with Crippen LogP contribution in [0.1, 0.15) is 65.3 Å². The van der Waals surface area contributed by atoms with Gasteiger partial charge in [0.05, 0.1) is 21.8 Å². The Labute approximate surface area is 227 Å². The maximum atomic E-state index is 12.4. The van der Waals surface area contributed by atoms with Crippen LogP contribution in [0.2, 0.25) is 0 Å². The first kappa shape index (κ1) is 31.6. The number of nitrogens with one attached hydrogen (secondary N) is 1. The average molecular weight is 519 g/mol. The van der Waals surface area contributed by atoms with Crippen molar-refractivity contribution in [2.24, 2.45) is 0 Å². The molecule has 4 rings (SSSR count). The third-order valence-electron chi connectivity index (χ3n) is 5.11. The Morgan fingerprint density at radius 2 is 1.59 bits per heavy atom. The molecule has 4 aromatic rings. The molecule has 0 fully saturated rings. The molecule has 1 heterocycles. The van der Waals surface area contributed by atoms with Crippen molar-refractivity contribution in [1.82, 2.24) is 4.98 Å². The number of aryl methyl sites for hydroxylation is 5. The lowest BCUT2D eigenvalue weighted by Gasteiger charge is -2.11. The number of hydrogen-bond acceptors (Lipinski definition) is 4. The predicted molar refractivity (Wildman–Crippen MR) is 163 cm³/mol. The second kappa shape index (κ2) is 16.3. The number of carbonyl (C=O) groups is 1. The van der Waals surface area contributed by atoms with E-state index >= 15 is 0 Å². The number of rotatable bonds is 4. The van der Waals surface area contributed by atoms with E-state index in [-0.39, 0.29) is 5.91 Å². The average Bonchev–Trinajstić information content (AvgIpc) is 3.25. The summed E-state index contributed by atoms with van der Waals surface area (Å²) >= 11 is 1.61. The number of aromatic nitrogens is 1. The first-order valence-electron chi connectivity index (χ1n) is 12.7. The highest BCUT2D eigenvalue weighted by atomic mass is 32.1. The van der Waals surface area contributed by atoms with E-state index in [0.717, 1.165) is 44.4 Å². The molecule has 0 aliphatic rings. The fourth-order valence-corrected chi connectivity index (χ4v) is 4.36. The Morgan fingerprint density at radius 1 is 0.973 bits per heavy atom. The highest BCUT2D eigenvalue weighted by Gasteiger charge is 2.11. The summed E-state index contributed by atoms with van der Waals surface area (Å²) in [5, 5.41) is 4.02. The van der Waals surface area contributed by atoms with Crippen molar-refractivity contribution in [1.29, 1.82) is 0 Å². The number of fused-ring (bicyclic) bond motifs is 1. The third kappa shape index (κ3) is 9.85. The maximum Gasteiger partial charge on any atom is 0.255 e. The largest absolute Gasteiger partial charge is 0.494 e. The van der Waals surface area contributed by atoms with Crippen molar-refractivity contribution in [3.05, 3.63) is 100 Å². The Balaban J connectivity index is 0.000000360. The molecule has 1 amide bonds. The van der Waals surface area contributed by atoms with Crippen LogP contribution in [0.15, 0.2) is 67.3 Å². The van der Waals surface area contributed by atoms with Crippen molar-refractivity contribution < 1.29 is 9.53 Å². The molecule has 1 aromatic heterocycles. The van der Waals surface area contributed by atoms with Gasteiger partial charge in [-0.2, -0.15) is 0 Å². The van der Waals surface area contributed by atoms with Gasteiger partial charge in [-0.25, -0.2) is 4.98 Å². The molecule has 0 bridgehead atoms. The summed E-state index contributed by atoms with van der Waals surface area (Å²) < 4.78 is 6.43. The Bertz CT molecular complexity index is 1270. The Morgan fingerprint density at radius 3 is 2.16 bits per heavy atom. The topological polar surface area (TPSA) is 51.2 Å². The van der Waals surface area contributed by atoms with Crippen LogP contribution in [0.25, 0.3) is 10.2 Å². The molecular formula is C32H42N2O2S. The van der Waals surface area contributed by atoms with Crippen LogP contribution in [0.5, 0.6) is 5.75 Å². The van der Waals surface area contributed by atoms with Gasteiger partial charge < -0.3 is 10.1 Å². The van der Waals surface area contributed by atoms with Crippen molar-refractivity contribution in [2.75, 3.05) is 11.9 Å². The molecule has 0 atom stereocenters. The fourth-order valence-electron chi connectivity index (χ4n) is 3.50. The highest BCUT2D eigenvalue weighted by Crippen LogP contribution is 2.24. The predicted octanol–water partition coefficient (Wildman–Crippen LogP) is 9.39. The van der Waals surface area contributed by atoms with Gasteiger partial charge in [0.1, 0.15) is 5.75 Å². The summed E-state index contributed by atoms with van der Waals surface area (Å²) in [7, 11) is 0. The number of allylic oxidation sites excluding steroid dienone is 1. The summed E-state index contributed by atoms with van der Waals surface area (Å²) in [6, 6.07) is 17.8. The molecule has 0 saturated heterocycles. The van der Waals surface area contributed by atoms with Gasteiger partial charge in [-0.05, 0) is 89.4 Å². The highest BCUT2D eigenvalue weighted by molar-refractivity contribution is 7.18. The van der Waals surface area contributed by atoms with Gasteiger partial charge in [0, 0.05) is 11.3 Å². The molecule has 0 spiro atoms. The molecule has 198 valence electrons. The second-order valence-electron chi connectivity index (χ2n) is 8.25. The minimum absolute atomic E-state index is 0.0830. The number of benzene rings is 3. The van der Waals surface area contributed by atoms with Gasteiger partial charge >= 0.3 is 0 Å². The van der Waals surface area contributed by atoms with Crippen LogP contribution in [0.3, 0.4) is 0 Å². The molecule has 37 heavy (non-hydrogen) atoms. The van der Waals surface area contributed by atoms with Crippen LogP contribution in [-0.2, 0) is 0 Å². The summed E-state index contributed by atoms with van der Waals surface area (Å²) in [6.45, 7) is 22.1. The van der Waals surface area contributed by atoms with Gasteiger partial charge in [0.15, 0.2) is 0 Å². The number of ether oxygens (including phenoxy) is 1. The summed E-state index contributed by atoms with van der Waals surface area (Å²) in [6.07, 6.45) is 1.75. The zero-order valence-corrected chi connectivity index (χ0v) is 24.7. The van der Waals surface area contributed by atoms with E-state index < -0.39 is 0 Å². The molecule has 5 heteroatoms. The number of nitrogens with zero attached hydrogens (tertiary/aromatic N) is 1. The minimum atomic E-state index is -0.0830. The number of carbonyl (C=O) groups excluding carboxylic acids is 1. The van der Waals surface area contributed by atoms with Crippen molar-refractivity contribution in [3.8, 4) is 5.75 Å². The fraction of sp³-hybridized carbons (Fsp3) is 0.312. The van der Waals surface area contributed by atoms with E-state index in [2.05, 4.69) is 42.9 Å². The normalized spacial score (nSPS) is 9.54. The van der Waals surface area contributed by atoms with Gasteiger partial charge in [0.2, 0.25) is 0 Å². The van der Waals surface area contributed by atoms with Crippen LogP contribution in [0.4, 0.5) is 5.69 Å². The second-order valence-corrected chi connectivity index (χ2v) is 9.48. The van der Waals surface area contributed by atoms with Gasteiger partial charge in [-0.15, -0.1) is 17.9 Å². The lowest BCUT2D eigenvalue weighted by molar-refractivity contribution is 0.102. The van der Waals surface area contributed by atoms with E-state index in [9.17, 15) is 4.79 Å². The molecular weight excluding hydrogens is 476 g/mol. The van der Waals surface area contributed by atoms with Crippen LogP contribution < -0.4 is 10.1 Å². The van der Waals surface area contributed by atoms with E-state index in [1.165, 1.54) is 11.1 Å². The summed E-state index contributed by atoms with van der Waals surface area (Å²) in [5.74, 6) is 0.915. The zero-order chi connectivity index (χ0) is 28.0. The van der Waals surface area contributed by atoms with Crippen LogP contribution in [-0.4, -0.2) is 17.5 Å². The molecule has 0 aliphatic heterocycles. The number of hydrogen-bond donors (Lipinski definition) is 1. The SMILES string of the molecule is C=CC.CC.CCOc1ccc(C)cc1C.Cc1nc2ccc(C(=O)Nc3c(C)cccc3C)cc2s1. The molecule has 0 aliphatic carbocycles. The summed E-state index contributed by atoms with van der Waals surface area (Å²) in [5.41, 5.74) is 7.13. The zero-order valence-electron chi connectivity index (χ0n) is 23.9. The lowest BCUT2D eigenvalue weighted by atomic mass is 10.1. The standard InChI is InChI=1S/C17H16N2OS.C10H14O.C3H6.C2H6/c1-10-5-4-6-11(2)16(10)19-17(20)13-7-8-14-15(9-13)21-12(3)18-14;1-4-11-10-6-5-8(2)7-9(10)3;1-3-2;1-2/h4-9H,1-3H3,(H,19,20);5-7H,4H2,1-3H3;3H,1H2,2H3;1-2H3. The molecule has 0 unspecified atom stereocenters. The van der Waals surface area contributed by atoms with E-state index in [4.69, 9.17) is 4.74 Å². The Hall–Kier alpha value is -3.44. The monoisotopic (exact) mass is 518 g/mol. The van der Waals surface area contributed by atoms with E-state index in [1.54, 1.807) is 17.4 Å². The van der Waals surface area contributed by atoms with E-state index in [0.29, 0.717) is 5.56 Å². The van der Waals surface area contributed by atoms with E-state index in [1.807, 2.05) is 90.9 Å². The lowest BCUT2D eigenvalue weighted by Crippen LogP contribution is -2.13. The quantitative estimate of drug-likeness (QED) is 0.274. The number of anilines is 1. The summed E-state index contributed by atoms with van der Waals surface area (Å²) in [4.78, 5) is 16.9. The molecule has 4 nitrogen and oxygen atoms in total. The molecule has 1 N–H and O–H groups in total.